The van der Waals surface area contributed by atoms with E-state index >= 15 is 0 Å². The van der Waals surface area contributed by atoms with Crippen LogP contribution in [0.5, 0.6) is 69.0 Å². The smallest absolute Gasteiger partial charge is 0.206 e. The standard InChI is InChI=1S/C48H30B2N2O12/c49-31-33-25(27-35(45(61)43(59)32(50)39(27)55)51(33)23-15-7-13-21(17-23)19-9-3-1-4-10-19)37(53)29(40(31)56)30-38(54)26-28-36(46(62)48(64)47(63)41(28)57)52(34(26)44(60)42(30)58)24-16-8-14-22(18-24)20-11-5-2-6-12-20/h1-18,53-64H. The number of hydrogen-bond donors (Lipinski definition) is 12. The Balaban J connectivity index is 1.34. The van der Waals surface area contributed by atoms with E-state index in [9.17, 15) is 61.3 Å². The lowest BCUT2D eigenvalue weighted by Gasteiger charge is -2.19. The largest absolute Gasteiger partial charge is 0.508 e. The van der Waals surface area contributed by atoms with Crippen LogP contribution >= 0.6 is 0 Å². The van der Waals surface area contributed by atoms with Crippen molar-refractivity contribution in [3.8, 4) is 114 Å². The Labute approximate surface area is 362 Å². The normalized spacial score (nSPS) is 11.7. The first kappa shape index (κ1) is 39.2. The molecule has 2 heterocycles. The molecule has 12 N–H and O–H groups in total. The molecule has 0 amide bonds. The molecule has 0 unspecified atom stereocenters. The highest BCUT2D eigenvalue weighted by Gasteiger charge is 2.36. The average Bonchev–Trinajstić information content (AvgIpc) is 3.88. The third kappa shape index (κ3) is 5.16. The molecule has 0 aliphatic heterocycles. The van der Waals surface area contributed by atoms with Gasteiger partial charge in [-0.15, -0.1) is 0 Å². The Morgan fingerprint density at radius 3 is 1.17 bits per heavy atom. The quantitative estimate of drug-likeness (QED) is 0.0478. The first-order chi connectivity index (χ1) is 30.6. The lowest BCUT2D eigenvalue weighted by Crippen LogP contribution is -2.11. The van der Waals surface area contributed by atoms with Gasteiger partial charge >= 0.3 is 0 Å². The second-order valence-electron chi connectivity index (χ2n) is 15.2. The lowest BCUT2D eigenvalue weighted by atomic mass is 9.85. The predicted octanol–water partition coefficient (Wildman–Crippen LogP) is 6.94. The van der Waals surface area contributed by atoms with Gasteiger partial charge in [0.15, 0.2) is 34.5 Å². The van der Waals surface area contributed by atoms with Crippen LogP contribution in [0.1, 0.15) is 0 Å². The van der Waals surface area contributed by atoms with E-state index in [1.54, 1.807) is 54.6 Å². The van der Waals surface area contributed by atoms with E-state index in [1.165, 1.54) is 10.6 Å². The number of hydrogen-bond acceptors (Lipinski definition) is 12. The van der Waals surface area contributed by atoms with Crippen molar-refractivity contribution in [2.24, 2.45) is 0 Å². The molecule has 16 heteroatoms. The maximum Gasteiger partial charge on any atom is 0.206 e. The van der Waals surface area contributed by atoms with Crippen LogP contribution in [0.2, 0.25) is 0 Å². The molecule has 8 aromatic carbocycles. The number of benzene rings is 8. The van der Waals surface area contributed by atoms with E-state index in [-0.39, 0.29) is 22.4 Å². The van der Waals surface area contributed by atoms with Crippen molar-refractivity contribution in [1.82, 2.24) is 9.13 Å². The molecule has 0 spiro atoms. The molecule has 0 saturated heterocycles. The van der Waals surface area contributed by atoms with Gasteiger partial charge < -0.3 is 70.4 Å². The first-order valence-electron chi connectivity index (χ1n) is 19.3. The fourth-order valence-corrected chi connectivity index (χ4v) is 8.79. The highest BCUT2D eigenvalue weighted by molar-refractivity contribution is 6.45. The van der Waals surface area contributed by atoms with Gasteiger partial charge in [0.05, 0.1) is 38.2 Å². The maximum absolute atomic E-state index is 12.4. The topological polar surface area (TPSA) is 253 Å². The molecule has 14 nitrogen and oxygen atoms in total. The summed E-state index contributed by atoms with van der Waals surface area (Å²) in [5, 5.41) is 137. The van der Waals surface area contributed by atoms with Crippen LogP contribution in [0.4, 0.5) is 0 Å². The zero-order chi connectivity index (χ0) is 45.2. The molecule has 0 bridgehead atoms. The molecule has 0 atom stereocenters. The van der Waals surface area contributed by atoms with Crippen molar-refractivity contribution in [3.63, 3.8) is 0 Å². The van der Waals surface area contributed by atoms with Crippen LogP contribution < -0.4 is 10.9 Å². The van der Waals surface area contributed by atoms with Crippen LogP contribution in [0.25, 0.3) is 88.4 Å². The van der Waals surface area contributed by atoms with E-state index in [2.05, 4.69) is 0 Å². The fourth-order valence-electron chi connectivity index (χ4n) is 8.79. The number of aromatic nitrogens is 2. The molecule has 10 rings (SSSR count). The summed E-state index contributed by atoms with van der Waals surface area (Å²) in [6.45, 7) is 0. The molecule has 0 aliphatic carbocycles. The van der Waals surface area contributed by atoms with Crippen molar-refractivity contribution in [3.05, 3.63) is 109 Å². The van der Waals surface area contributed by atoms with E-state index in [0.717, 1.165) is 15.7 Å². The summed E-state index contributed by atoms with van der Waals surface area (Å²) in [6, 6.07) is 31.4. The molecule has 4 radical (unpaired) electrons. The van der Waals surface area contributed by atoms with E-state index in [1.807, 2.05) is 48.5 Å². The van der Waals surface area contributed by atoms with Gasteiger partial charge in [0.2, 0.25) is 11.5 Å². The van der Waals surface area contributed by atoms with Crippen LogP contribution in [0.15, 0.2) is 109 Å². The van der Waals surface area contributed by atoms with Crippen molar-refractivity contribution < 1.29 is 61.3 Å². The zero-order valence-corrected chi connectivity index (χ0v) is 32.8. The van der Waals surface area contributed by atoms with Crippen molar-refractivity contribution >= 4 is 70.2 Å². The summed E-state index contributed by atoms with van der Waals surface area (Å²) in [4.78, 5) is 0. The number of nitrogens with zero attached hydrogens (tertiary/aromatic N) is 2. The Bertz CT molecular complexity index is 3420. The minimum Gasteiger partial charge on any atom is -0.508 e. The molecule has 2 aromatic heterocycles. The van der Waals surface area contributed by atoms with Crippen LogP contribution in [0.3, 0.4) is 0 Å². The predicted molar refractivity (Wildman–Crippen MR) is 242 cm³/mol. The summed E-state index contributed by atoms with van der Waals surface area (Å²) in [7, 11) is 12.8. The van der Waals surface area contributed by atoms with E-state index < -0.39 is 124 Å². The number of fused-ring (bicyclic) bond motifs is 6. The summed E-state index contributed by atoms with van der Waals surface area (Å²) in [5.41, 5.74) is -1.38. The Hall–Kier alpha value is -8.91. The minimum absolute atomic E-state index is 0.152. The number of phenolic OH excluding ortho intramolecular Hbond substituents is 12. The zero-order valence-electron chi connectivity index (χ0n) is 32.8. The molecular formula is C48H30B2N2O12. The third-order valence-corrected chi connectivity index (χ3v) is 11.7. The first-order valence-corrected chi connectivity index (χ1v) is 19.3. The van der Waals surface area contributed by atoms with Gasteiger partial charge in [-0.1, -0.05) is 84.9 Å². The summed E-state index contributed by atoms with van der Waals surface area (Å²) < 4.78 is 2.35. The number of phenols is 12. The summed E-state index contributed by atoms with van der Waals surface area (Å²) >= 11 is 0. The summed E-state index contributed by atoms with van der Waals surface area (Å²) in [5.74, 6) is -12.4. The Kier molecular flexibility index (Phi) is 8.46. The Morgan fingerprint density at radius 2 is 0.656 bits per heavy atom. The number of aromatic hydroxyl groups is 12. The van der Waals surface area contributed by atoms with Gasteiger partial charge in [0, 0.05) is 11.4 Å². The highest BCUT2D eigenvalue weighted by atomic mass is 16.3. The minimum atomic E-state index is -1.22. The second-order valence-corrected chi connectivity index (χ2v) is 15.2. The van der Waals surface area contributed by atoms with Crippen LogP contribution in [-0.4, -0.2) is 86.1 Å². The van der Waals surface area contributed by atoms with Gasteiger partial charge in [-0.3, -0.25) is 0 Å². The van der Waals surface area contributed by atoms with Crippen LogP contribution in [-0.2, 0) is 0 Å². The number of rotatable bonds is 5. The van der Waals surface area contributed by atoms with E-state index in [0.29, 0.717) is 11.1 Å². The van der Waals surface area contributed by atoms with Crippen molar-refractivity contribution in [2.75, 3.05) is 0 Å². The van der Waals surface area contributed by atoms with Crippen molar-refractivity contribution in [2.45, 2.75) is 0 Å². The van der Waals surface area contributed by atoms with Crippen molar-refractivity contribution in [1.29, 1.82) is 0 Å². The Morgan fingerprint density at radius 1 is 0.281 bits per heavy atom. The summed E-state index contributed by atoms with van der Waals surface area (Å²) in [6.07, 6.45) is 0. The average molecular weight is 848 g/mol. The maximum atomic E-state index is 12.4. The van der Waals surface area contributed by atoms with Gasteiger partial charge in [0.1, 0.15) is 55.2 Å². The molecule has 310 valence electrons. The highest BCUT2D eigenvalue weighted by Crippen LogP contribution is 2.62. The SMILES string of the molecule is [B]c1c(O)c(O)c2c(c1O)c1c(O)c(-c3c(O)c(O)c4c(c3O)c3c(O)c(O)c(O)c(O)c3n4-c3cccc(-c4ccccc4)c3)c(O)c([B])c1n2-c1cccc(-c2ccccc2)c1. The van der Waals surface area contributed by atoms with Gasteiger partial charge in [-0.05, 0) is 57.4 Å². The van der Waals surface area contributed by atoms with E-state index in [4.69, 9.17) is 15.7 Å². The molecule has 64 heavy (non-hydrogen) atoms. The monoisotopic (exact) mass is 848 g/mol. The van der Waals surface area contributed by atoms with Gasteiger partial charge in [-0.2, -0.15) is 0 Å². The lowest BCUT2D eigenvalue weighted by molar-refractivity contribution is 0.350. The fraction of sp³-hybridized carbons (Fsp3) is 0. The van der Waals surface area contributed by atoms with Gasteiger partial charge in [-0.25, -0.2) is 0 Å². The molecule has 0 fully saturated rings. The van der Waals surface area contributed by atoms with Gasteiger partial charge in [0.25, 0.3) is 0 Å². The molecule has 0 aliphatic rings. The molecular weight excluding hydrogens is 818 g/mol. The molecule has 0 saturated carbocycles. The third-order valence-electron chi connectivity index (χ3n) is 11.7. The molecule has 10 aromatic rings. The van der Waals surface area contributed by atoms with Crippen LogP contribution in [0, 0.1) is 0 Å². The second kappa shape index (κ2) is 13.8.